The molecule has 4 rings (SSSR count). The number of hydrogen-bond donors (Lipinski definition) is 5. The van der Waals surface area contributed by atoms with E-state index in [0.717, 1.165) is 19.3 Å². The smallest absolute Gasteiger partial charge is 0.393 e. The van der Waals surface area contributed by atoms with E-state index in [9.17, 15) is 33.4 Å². The molecule has 0 aromatic rings. The number of rotatable bonds is 7. The molecule has 4 saturated carbocycles. The Balaban J connectivity index is 1.53. The van der Waals surface area contributed by atoms with Crippen LogP contribution in [0.2, 0.25) is 0 Å². The first-order chi connectivity index (χ1) is 16.5. The highest BCUT2D eigenvalue weighted by Crippen LogP contribution is 2.69. The molecule has 8 nitrogen and oxygen atoms in total. The average molecular weight is 533 g/mol. The zero-order valence-corrected chi connectivity index (χ0v) is 23.3. The van der Waals surface area contributed by atoms with Crippen LogP contribution in [0.15, 0.2) is 0 Å². The summed E-state index contributed by atoms with van der Waals surface area (Å²) in [6.45, 7) is 10.3. The highest BCUT2D eigenvalue weighted by molar-refractivity contribution is 7.80. The van der Waals surface area contributed by atoms with Crippen molar-refractivity contribution in [3.8, 4) is 0 Å². The van der Waals surface area contributed by atoms with Gasteiger partial charge in [0.15, 0.2) is 0 Å². The standard InChI is InChI=1S/C27H48O8S/c1-15(2)22(35-36(32,33)34)7-6-16(3)20-13-21(29)24-18-12-23(30)27(31)14-17(28)8-11-26(27,5)19(18)9-10-25(20,24)4/h15-24,28-31H,6-14H2,1-5H3,(H,32,33,34). The fourth-order valence-electron chi connectivity index (χ4n) is 9.53. The van der Waals surface area contributed by atoms with E-state index < -0.39 is 45.8 Å². The maximum Gasteiger partial charge on any atom is 0.397 e. The Hall–Kier alpha value is -0.290. The highest BCUT2D eigenvalue weighted by Gasteiger charge is 2.68. The van der Waals surface area contributed by atoms with E-state index in [0.29, 0.717) is 32.1 Å². The predicted molar refractivity (Wildman–Crippen MR) is 135 cm³/mol. The molecule has 12 atom stereocenters. The summed E-state index contributed by atoms with van der Waals surface area (Å²) < 4.78 is 36.7. The molecule has 5 N–H and O–H groups in total. The van der Waals surface area contributed by atoms with E-state index in [1.165, 1.54) is 0 Å². The molecule has 210 valence electrons. The fraction of sp³-hybridized carbons (Fsp3) is 1.00. The molecule has 4 aliphatic rings. The van der Waals surface area contributed by atoms with Crippen LogP contribution >= 0.6 is 0 Å². The topological polar surface area (TPSA) is 145 Å². The monoisotopic (exact) mass is 532 g/mol. The van der Waals surface area contributed by atoms with E-state index in [2.05, 4.69) is 20.8 Å². The molecule has 0 saturated heterocycles. The fourth-order valence-corrected chi connectivity index (χ4v) is 10.2. The molecule has 36 heavy (non-hydrogen) atoms. The van der Waals surface area contributed by atoms with Gasteiger partial charge < -0.3 is 20.4 Å². The van der Waals surface area contributed by atoms with Crippen LogP contribution in [0.3, 0.4) is 0 Å². The van der Waals surface area contributed by atoms with Crippen molar-refractivity contribution in [2.75, 3.05) is 0 Å². The summed E-state index contributed by atoms with van der Waals surface area (Å²) in [5.41, 5.74) is -1.90. The van der Waals surface area contributed by atoms with Gasteiger partial charge in [-0.25, -0.2) is 4.18 Å². The van der Waals surface area contributed by atoms with Gasteiger partial charge >= 0.3 is 10.4 Å². The van der Waals surface area contributed by atoms with Crippen molar-refractivity contribution in [1.82, 2.24) is 0 Å². The van der Waals surface area contributed by atoms with E-state index in [1.807, 2.05) is 13.8 Å². The first kappa shape index (κ1) is 28.7. The average Bonchev–Trinajstić information content (AvgIpc) is 3.03. The molecule has 0 aliphatic heterocycles. The minimum atomic E-state index is -4.52. The molecule has 4 aliphatic carbocycles. The molecule has 0 heterocycles. The lowest BCUT2D eigenvalue weighted by Crippen LogP contribution is -2.69. The Kier molecular flexibility index (Phi) is 7.75. The lowest BCUT2D eigenvalue weighted by molar-refractivity contribution is -0.268. The normalized spacial score (nSPS) is 48.7. The minimum absolute atomic E-state index is 0.0292. The highest BCUT2D eigenvalue weighted by atomic mass is 32.3. The van der Waals surface area contributed by atoms with Crippen LogP contribution in [0.5, 0.6) is 0 Å². The third kappa shape index (κ3) is 4.69. The van der Waals surface area contributed by atoms with Gasteiger partial charge in [0.1, 0.15) is 0 Å². The molecule has 9 heteroatoms. The Morgan fingerprint density at radius 3 is 2.28 bits per heavy atom. The summed E-state index contributed by atoms with van der Waals surface area (Å²) in [4.78, 5) is 0. The largest absolute Gasteiger partial charge is 0.397 e. The molecule has 0 radical (unpaired) electrons. The van der Waals surface area contributed by atoms with Crippen molar-refractivity contribution in [2.24, 2.45) is 46.3 Å². The van der Waals surface area contributed by atoms with Crippen LogP contribution in [0, 0.1) is 46.3 Å². The number of fused-ring (bicyclic) bond motifs is 5. The summed E-state index contributed by atoms with van der Waals surface area (Å²) in [6.07, 6.45) is 3.12. The maximum absolute atomic E-state index is 11.6. The SMILES string of the molecule is CC(C)C(CCC(C)C1CC(O)C2C3CC(O)C4(O)CC(O)CCC4(C)C3CCC12C)OS(=O)(=O)O. The molecule has 12 unspecified atom stereocenters. The lowest BCUT2D eigenvalue weighted by Gasteiger charge is -2.65. The molecule has 0 amide bonds. The van der Waals surface area contributed by atoms with Crippen LogP contribution in [-0.4, -0.2) is 63.4 Å². The van der Waals surface area contributed by atoms with Crippen molar-refractivity contribution in [3.05, 3.63) is 0 Å². The molecular formula is C27H48O8S. The second-order valence-corrected chi connectivity index (χ2v) is 14.6. The third-order valence-corrected chi connectivity index (χ3v) is 12.0. The van der Waals surface area contributed by atoms with Gasteiger partial charge in [-0.15, -0.1) is 0 Å². The summed E-state index contributed by atoms with van der Waals surface area (Å²) in [5.74, 6) is 0.733. The van der Waals surface area contributed by atoms with E-state index >= 15 is 0 Å². The molecule has 0 aromatic carbocycles. The van der Waals surface area contributed by atoms with Gasteiger partial charge in [0, 0.05) is 11.8 Å². The zero-order chi connectivity index (χ0) is 26.8. The maximum atomic E-state index is 11.6. The van der Waals surface area contributed by atoms with Crippen molar-refractivity contribution in [1.29, 1.82) is 0 Å². The Labute approximate surface area is 216 Å². The second kappa shape index (κ2) is 9.72. The van der Waals surface area contributed by atoms with Gasteiger partial charge in [-0.1, -0.05) is 34.6 Å². The summed E-state index contributed by atoms with van der Waals surface area (Å²) in [6, 6.07) is 0. The van der Waals surface area contributed by atoms with Gasteiger partial charge in [0.25, 0.3) is 0 Å². The molecule has 0 bridgehead atoms. The van der Waals surface area contributed by atoms with Gasteiger partial charge in [0.05, 0.1) is 30.0 Å². The van der Waals surface area contributed by atoms with Crippen molar-refractivity contribution in [3.63, 3.8) is 0 Å². The summed E-state index contributed by atoms with van der Waals surface area (Å²) >= 11 is 0. The van der Waals surface area contributed by atoms with Gasteiger partial charge in [0.2, 0.25) is 0 Å². The molecule has 0 aromatic heterocycles. The predicted octanol–water partition coefficient (Wildman–Crippen LogP) is 3.32. The first-order valence-corrected chi connectivity index (χ1v) is 15.3. The Morgan fingerprint density at radius 1 is 1.00 bits per heavy atom. The van der Waals surface area contributed by atoms with Crippen molar-refractivity contribution < 1.29 is 37.6 Å². The number of aliphatic hydroxyl groups is 4. The van der Waals surface area contributed by atoms with E-state index in [4.69, 9.17) is 4.18 Å². The van der Waals surface area contributed by atoms with Gasteiger partial charge in [-0.05, 0) is 92.3 Å². The van der Waals surface area contributed by atoms with E-state index in [-0.39, 0.29) is 47.3 Å². The van der Waals surface area contributed by atoms with Crippen LogP contribution in [-0.2, 0) is 14.6 Å². The lowest BCUT2D eigenvalue weighted by atomic mass is 9.42. The molecule has 0 spiro atoms. The zero-order valence-electron chi connectivity index (χ0n) is 22.5. The summed E-state index contributed by atoms with van der Waals surface area (Å²) in [7, 11) is -4.52. The Morgan fingerprint density at radius 2 is 1.67 bits per heavy atom. The Bertz CT molecular complexity index is 909. The molecular weight excluding hydrogens is 484 g/mol. The van der Waals surface area contributed by atoms with Crippen LogP contribution in [0.1, 0.15) is 92.4 Å². The quantitative estimate of drug-likeness (QED) is 0.314. The number of hydrogen-bond acceptors (Lipinski definition) is 7. The van der Waals surface area contributed by atoms with Gasteiger partial charge in [-0.3, -0.25) is 4.55 Å². The van der Waals surface area contributed by atoms with E-state index in [1.54, 1.807) is 0 Å². The minimum Gasteiger partial charge on any atom is -0.393 e. The van der Waals surface area contributed by atoms with Gasteiger partial charge in [-0.2, -0.15) is 8.42 Å². The number of aliphatic hydroxyl groups excluding tert-OH is 3. The van der Waals surface area contributed by atoms with Crippen molar-refractivity contribution >= 4 is 10.4 Å². The van der Waals surface area contributed by atoms with Crippen LogP contribution in [0.25, 0.3) is 0 Å². The van der Waals surface area contributed by atoms with Crippen LogP contribution in [0.4, 0.5) is 0 Å². The second-order valence-electron chi connectivity index (χ2n) is 13.6. The van der Waals surface area contributed by atoms with Crippen LogP contribution < -0.4 is 0 Å². The third-order valence-electron chi connectivity index (χ3n) is 11.5. The summed E-state index contributed by atoms with van der Waals surface area (Å²) in [5, 5.41) is 44.6. The first-order valence-electron chi connectivity index (χ1n) is 14.0. The molecule has 4 fully saturated rings. The van der Waals surface area contributed by atoms with Crippen molar-refractivity contribution in [2.45, 2.75) is 122 Å².